The maximum absolute atomic E-state index is 12.2. The molecule has 2 aromatic rings. The first-order valence-corrected chi connectivity index (χ1v) is 7.04. The summed E-state index contributed by atoms with van der Waals surface area (Å²) in [6.45, 7) is 1.85. The van der Waals surface area contributed by atoms with Crippen LogP contribution in [-0.4, -0.2) is 24.8 Å². The average molecular weight is 282 g/mol. The molecule has 2 heterocycles. The van der Waals surface area contributed by atoms with Gasteiger partial charge in [0.05, 0.1) is 6.54 Å². The summed E-state index contributed by atoms with van der Waals surface area (Å²) in [6.07, 6.45) is 2.57. The van der Waals surface area contributed by atoms with Crippen LogP contribution in [0.4, 0.5) is 0 Å². The van der Waals surface area contributed by atoms with Crippen LogP contribution in [0, 0.1) is 6.92 Å². The van der Waals surface area contributed by atoms with Gasteiger partial charge < -0.3 is 9.40 Å². The van der Waals surface area contributed by atoms with Crippen molar-refractivity contribution in [2.24, 2.45) is 0 Å². The number of hydrogen-bond acceptors (Lipinski definition) is 4. The second-order valence-electron chi connectivity index (χ2n) is 4.15. The van der Waals surface area contributed by atoms with Crippen LogP contribution in [0.1, 0.15) is 11.5 Å². The van der Waals surface area contributed by atoms with E-state index in [2.05, 4.69) is 4.98 Å². The van der Waals surface area contributed by atoms with Gasteiger partial charge in [0.1, 0.15) is 16.4 Å². The minimum atomic E-state index is -3.83. The second kappa shape index (κ2) is 5.02. The van der Waals surface area contributed by atoms with E-state index in [0.29, 0.717) is 11.5 Å². The van der Waals surface area contributed by atoms with Crippen molar-refractivity contribution in [1.29, 1.82) is 0 Å². The molecule has 0 aliphatic heterocycles. The number of nitrogens with one attached hydrogen (secondary N) is 1. The standard InChI is InChI=1S/C12H14N2O4S/c1-9-3-4-10(18-9)8-14(2)19(16,17)12-7-13-6-5-11(12)15/h3-7H,8H2,1-2H3,(H,13,15). The molecule has 0 saturated carbocycles. The fraction of sp³-hybridized carbons (Fsp3) is 0.250. The first kappa shape index (κ1) is 13.6. The Morgan fingerprint density at radius 3 is 2.63 bits per heavy atom. The number of pyridine rings is 1. The van der Waals surface area contributed by atoms with Gasteiger partial charge in [-0.05, 0) is 19.1 Å². The van der Waals surface area contributed by atoms with Crippen molar-refractivity contribution in [3.05, 3.63) is 52.3 Å². The highest BCUT2D eigenvalue weighted by atomic mass is 32.2. The molecule has 2 aromatic heterocycles. The maximum Gasteiger partial charge on any atom is 0.248 e. The summed E-state index contributed by atoms with van der Waals surface area (Å²) in [5.74, 6) is 1.23. The molecule has 2 rings (SSSR count). The first-order chi connectivity index (χ1) is 8.91. The lowest BCUT2D eigenvalue weighted by molar-refractivity contribution is 0.397. The van der Waals surface area contributed by atoms with Crippen LogP contribution in [-0.2, 0) is 16.6 Å². The number of aryl methyl sites for hydroxylation is 1. The highest BCUT2D eigenvalue weighted by Crippen LogP contribution is 2.14. The number of sulfonamides is 1. The Hall–Kier alpha value is -1.86. The Labute approximate surface area is 110 Å². The first-order valence-electron chi connectivity index (χ1n) is 5.60. The molecule has 7 heteroatoms. The monoisotopic (exact) mass is 282 g/mol. The molecule has 0 unspecified atom stereocenters. The molecule has 6 nitrogen and oxygen atoms in total. The molecule has 0 fully saturated rings. The van der Waals surface area contributed by atoms with Crippen molar-refractivity contribution in [3.63, 3.8) is 0 Å². The van der Waals surface area contributed by atoms with Gasteiger partial charge in [-0.1, -0.05) is 0 Å². The van der Waals surface area contributed by atoms with Gasteiger partial charge in [-0.2, -0.15) is 4.31 Å². The molecule has 102 valence electrons. The molecule has 0 aromatic carbocycles. The molecule has 0 bridgehead atoms. The molecule has 0 saturated heterocycles. The summed E-state index contributed by atoms with van der Waals surface area (Å²) in [6, 6.07) is 4.64. The van der Waals surface area contributed by atoms with Gasteiger partial charge in [-0.15, -0.1) is 0 Å². The third-order valence-corrected chi connectivity index (χ3v) is 4.48. The van der Waals surface area contributed by atoms with Crippen molar-refractivity contribution in [3.8, 4) is 0 Å². The zero-order valence-electron chi connectivity index (χ0n) is 10.6. The fourth-order valence-corrected chi connectivity index (χ4v) is 2.82. The lowest BCUT2D eigenvalue weighted by Gasteiger charge is -2.15. The summed E-state index contributed by atoms with van der Waals surface area (Å²) >= 11 is 0. The lowest BCUT2D eigenvalue weighted by Crippen LogP contribution is -2.30. The van der Waals surface area contributed by atoms with Crippen LogP contribution < -0.4 is 5.43 Å². The van der Waals surface area contributed by atoms with E-state index in [1.807, 2.05) is 0 Å². The molecule has 0 atom stereocenters. The SMILES string of the molecule is Cc1ccc(CN(C)S(=O)(=O)c2c[nH]ccc2=O)o1. The summed E-state index contributed by atoms with van der Waals surface area (Å²) in [5, 5.41) is 0. The summed E-state index contributed by atoms with van der Waals surface area (Å²) in [5.41, 5.74) is -0.541. The Kier molecular flexibility index (Phi) is 3.59. The van der Waals surface area contributed by atoms with Crippen molar-refractivity contribution in [2.45, 2.75) is 18.4 Å². The van der Waals surface area contributed by atoms with Crippen LogP contribution in [0.5, 0.6) is 0 Å². The third kappa shape index (κ3) is 2.77. The Balaban J connectivity index is 2.30. The molecular weight excluding hydrogens is 268 g/mol. The van der Waals surface area contributed by atoms with E-state index in [1.54, 1.807) is 19.1 Å². The topological polar surface area (TPSA) is 83.4 Å². The molecule has 0 aliphatic carbocycles. The van der Waals surface area contributed by atoms with E-state index in [-0.39, 0.29) is 11.4 Å². The minimum Gasteiger partial charge on any atom is -0.465 e. The van der Waals surface area contributed by atoms with Gasteiger partial charge in [-0.3, -0.25) is 4.79 Å². The Morgan fingerprint density at radius 2 is 2.05 bits per heavy atom. The van der Waals surface area contributed by atoms with E-state index < -0.39 is 15.5 Å². The lowest BCUT2D eigenvalue weighted by atomic mass is 10.4. The number of H-pyrrole nitrogens is 1. The van der Waals surface area contributed by atoms with Crippen molar-refractivity contribution in [2.75, 3.05) is 7.05 Å². The number of aromatic amines is 1. The second-order valence-corrected chi connectivity index (χ2v) is 6.16. The van der Waals surface area contributed by atoms with Crippen LogP contribution in [0.3, 0.4) is 0 Å². The number of aromatic nitrogens is 1. The molecule has 0 spiro atoms. The maximum atomic E-state index is 12.2. The zero-order chi connectivity index (χ0) is 14.0. The largest absolute Gasteiger partial charge is 0.465 e. The molecule has 0 amide bonds. The molecule has 0 aliphatic rings. The van der Waals surface area contributed by atoms with Crippen LogP contribution >= 0.6 is 0 Å². The van der Waals surface area contributed by atoms with Crippen LogP contribution in [0.2, 0.25) is 0 Å². The number of rotatable bonds is 4. The van der Waals surface area contributed by atoms with E-state index in [1.165, 1.54) is 25.5 Å². The van der Waals surface area contributed by atoms with Crippen LogP contribution in [0.15, 0.2) is 44.7 Å². The Morgan fingerprint density at radius 1 is 1.32 bits per heavy atom. The summed E-state index contributed by atoms with van der Waals surface area (Å²) < 4.78 is 30.9. The number of nitrogens with zero attached hydrogens (tertiary/aromatic N) is 1. The van der Waals surface area contributed by atoms with Gasteiger partial charge in [-0.25, -0.2) is 8.42 Å². The van der Waals surface area contributed by atoms with Crippen LogP contribution in [0.25, 0.3) is 0 Å². The molecular formula is C12H14N2O4S. The number of hydrogen-bond donors (Lipinski definition) is 1. The molecule has 1 N–H and O–H groups in total. The van der Waals surface area contributed by atoms with Gasteiger partial charge in [0.2, 0.25) is 15.5 Å². The minimum absolute atomic E-state index is 0.0739. The highest BCUT2D eigenvalue weighted by molar-refractivity contribution is 7.89. The quantitative estimate of drug-likeness (QED) is 0.910. The van der Waals surface area contributed by atoms with Crippen molar-refractivity contribution in [1.82, 2.24) is 9.29 Å². The molecule has 0 radical (unpaired) electrons. The van der Waals surface area contributed by atoms with Gasteiger partial charge >= 0.3 is 0 Å². The summed E-state index contributed by atoms with van der Waals surface area (Å²) in [7, 11) is -2.43. The zero-order valence-corrected chi connectivity index (χ0v) is 11.4. The average Bonchev–Trinajstić information content (AvgIpc) is 2.75. The predicted molar refractivity (Wildman–Crippen MR) is 69.2 cm³/mol. The Bertz CT molecular complexity index is 730. The fourth-order valence-electron chi connectivity index (χ4n) is 1.64. The van der Waals surface area contributed by atoms with Gasteiger partial charge in [0.25, 0.3) is 0 Å². The smallest absolute Gasteiger partial charge is 0.248 e. The van der Waals surface area contributed by atoms with E-state index in [9.17, 15) is 13.2 Å². The predicted octanol–water partition coefficient (Wildman–Crippen LogP) is 1.10. The van der Waals surface area contributed by atoms with Crippen molar-refractivity contribution >= 4 is 10.0 Å². The summed E-state index contributed by atoms with van der Waals surface area (Å²) in [4.78, 5) is 13.9. The van der Waals surface area contributed by atoms with E-state index in [4.69, 9.17) is 4.42 Å². The van der Waals surface area contributed by atoms with Crippen molar-refractivity contribution < 1.29 is 12.8 Å². The highest BCUT2D eigenvalue weighted by Gasteiger charge is 2.24. The molecule has 19 heavy (non-hydrogen) atoms. The normalized spacial score (nSPS) is 11.9. The van der Waals surface area contributed by atoms with Gasteiger partial charge in [0, 0.05) is 25.5 Å². The van der Waals surface area contributed by atoms with Gasteiger partial charge in [0.15, 0.2) is 0 Å². The van der Waals surface area contributed by atoms with E-state index in [0.717, 1.165) is 4.31 Å². The van der Waals surface area contributed by atoms with E-state index >= 15 is 0 Å². The number of furan rings is 1. The third-order valence-electron chi connectivity index (χ3n) is 2.65.